The van der Waals surface area contributed by atoms with Crippen LogP contribution in [0.25, 0.3) is 0 Å². The van der Waals surface area contributed by atoms with Crippen molar-refractivity contribution < 1.29 is 24.4 Å². The lowest BCUT2D eigenvalue weighted by molar-refractivity contribution is -0.0229. The molecule has 3 aliphatic rings. The number of benzene rings is 1. The highest BCUT2D eigenvalue weighted by Gasteiger charge is 2.46. The number of piperazine rings is 1. The number of nitrogens with one attached hydrogen (secondary N) is 1. The molecule has 0 radical (unpaired) electrons. The molecule has 3 N–H and O–H groups in total. The Morgan fingerprint density at radius 2 is 1.83 bits per heavy atom. The van der Waals surface area contributed by atoms with Gasteiger partial charge in [-0.15, -0.1) is 0 Å². The SMILES string of the molecule is COc1ccccc1N1CCN([C@@H]2[C@H](O)[C@H](CO)O[C@@H]2CNC2CCOCC2)CC1. The normalized spacial score (nSPS) is 31.2. The Hall–Kier alpha value is -1.42. The summed E-state index contributed by atoms with van der Waals surface area (Å²) in [5.41, 5.74) is 1.11. The second kappa shape index (κ2) is 10.3. The summed E-state index contributed by atoms with van der Waals surface area (Å²) < 4.78 is 17.0. The lowest BCUT2D eigenvalue weighted by Gasteiger charge is -2.41. The van der Waals surface area contributed by atoms with Crippen molar-refractivity contribution in [2.24, 2.45) is 0 Å². The number of methoxy groups -OCH3 is 1. The molecule has 0 aliphatic carbocycles. The minimum atomic E-state index is -0.686. The standard InChI is InChI=1S/C22H35N3O5/c1-28-18-5-3-2-4-17(18)24-8-10-25(11-9-24)21-19(30-20(15-26)22(21)27)14-23-16-6-12-29-13-7-16/h2-5,16,19-23,26-27H,6-15H2,1H3/t19-,20+,21+,22-/m1/s1. The highest BCUT2D eigenvalue weighted by molar-refractivity contribution is 5.58. The van der Waals surface area contributed by atoms with Crippen molar-refractivity contribution in [3.8, 4) is 5.75 Å². The zero-order valence-electron chi connectivity index (χ0n) is 17.8. The number of hydrogen-bond acceptors (Lipinski definition) is 8. The van der Waals surface area contributed by atoms with Gasteiger partial charge in [-0.3, -0.25) is 4.90 Å². The summed E-state index contributed by atoms with van der Waals surface area (Å²) in [5.74, 6) is 0.883. The Labute approximate surface area is 178 Å². The second-order valence-electron chi connectivity index (χ2n) is 8.37. The third-order valence-electron chi connectivity index (χ3n) is 6.63. The van der Waals surface area contributed by atoms with Crippen LogP contribution in [0, 0.1) is 0 Å². The fraction of sp³-hybridized carbons (Fsp3) is 0.727. The maximum atomic E-state index is 10.9. The van der Waals surface area contributed by atoms with Crippen LogP contribution in [0.2, 0.25) is 0 Å². The predicted molar refractivity (Wildman–Crippen MR) is 114 cm³/mol. The number of nitrogens with zero attached hydrogens (tertiary/aromatic N) is 2. The fourth-order valence-corrected chi connectivity index (χ4v) is 4.93. The molecule has 168 valence electrons. The van der Waals surface area contributed by atoms with Crippen LogP contribution in [0.15, 0.2) is 24.3 Å². The summed E-state index contributed by atoms with van der Waals surface area (Å²) in [4.78, 5) is 4.65. The van der Waals surface area contributed by atoms with Gasteiger partial charge in [0.1, 0.15) is 18.0 Å². The number of ether oxygens (including phenoxy) is 3. The average Bonchev–Trinajstić information content (AvgIpc) is 3.13. The van der Waals surface area contributed by atoms with E-state index in [1.165, 1.54) is 0 Å². The van der Waals surface area contributed by atoms with Gasteiger partial charge in [0, 0.05) is 52.0 Å². The number of para-hydroxylation sites is 2. The van der Waals surface area contributed by atoms with E-state index in [4.69, 9.17) is 14.2 Å². The Morgan fingerprint density at radius 3 is 2.53 bits per heavy atom. The van der Waals surface area contributed by atoms with Crippen molar-refractivity contribution in [3.05, 3.63) is 24.3 Å². The number of hydrogen-bond donors (Lipinski definition) is 3. The van der Waals surface area contributed by atoms with Crippen LogP contribution < -0.4 is 15.0 Å². The Kier molecular flexibility index (Phi) is 7.45. The maximum Gasteiger partial charge on any atom is 0.142 e. The van der Waals surface area contributed by atoms with Gasteiger partial charge in [-0.2, -0.15) is 0 Å². The topological polar surface area (TPSA) is 86.7 Å². The fourth-order valence-electron chi connectivity index (χ4n) is 4.93. The number of rotatable bonds is 7. The molecular weight excluding hydrogens is 386 g/mol. The van der Waals surface area contributed by atoms with Gasteiger partial charge in [0.15, 0.2) is 0 Å². The molecule has 8 heteroatoms. The van der Waals surface area contributed by atoms with Crippen LogP contribution in [-0.2, 0) is 9.47 Å². The predicted octanol–water partition coefficient (Wildman–Crippen LogP) is 0.0750. The van der Waals surface area contributed by atoms with Gasteiger partial charge in [0.2, 0.25) is 0 Å². The molecule has 0 amide bonds. The highest BCUT2D eigenvalue weighted by atomic mass is 16.5. The van der Waals surface area contributed by atoms with E-state index in [0.29, 0.717) is 12.6 Å². The molecule has 0 spiro atoms. The van der Waals surface area contributed by atoms with Gasteiger partial charge in [0.25, 0.3) is 0 Å². The molecule has 8 nitrogen and oxygen atoms in total. The zero-order chi connectivity index (χ0) is 20.9. The molecule has 3 aliphatic heterocycles. The number of aliphatic hydroxyl groups excluding tert-OH is 2. The molecule has 0 bridgehead atoms. The smallest absolute Gasteiger partial charge is 0.142 e. The first-order chi connectivity index (χ1) is 14.7. The minimum absolute atomic E-state index is 0.116. The Morgan fingerprint density at radius 1 is 1.10 bits per heavy atom. The van der Waals surface area contributed by atoms with Crippen LogP contribution >= 0.6 is 0 Å². The summed E-state index contributed by atoms with van der Waals surface area (Å²) in [6.07, 6.45) is 0.651. The molecule has 0 aromatic heterocycles. The van der Waals surface area contributed by atoms with E-state index in [0.717, 1.165) is 63.7 Å². The van der Waals surface area contributed by atoms with Crippen LogP contribution in [0.4, 0.5) is 5.69 Å². The van der Waals surface area contributed by atoms with Crippen molar-refractivity contribution in [1.82, 2.24) is 10.2 Å². The lowest BCUT2D eigenvalue weighted by atomic mass is 10.0. The van der Waals surface area contributed by atoms with Crippen molar-refractivity contribution in [2.45, 2.75) is 43.2 Å². The average molecular weight is 422 g/mol. The Bertz CT molecular complexity index is 664. The molecule has 3 saturated heterocycles. The van der Waals surface area contributed by atoms with E-state index in [2.05, 4.69) is 21.2 Å². The minimum Gasteiger partial charge on any atom is -0.495 e. The highest BCUT2D eigenvalue weighted by Crippen LogP contribution is 2.31. The third-order valence-corrected chi connectivity index (χ3v) is 6.63. The van der Waals surface area contributed by atoms with E-state index in [1.807, 2.05) is 18.2 Å². The molecule has 3 heterocycles. The van der Waals surface area contributed by atoms with E-state index >= 15 is 0 Å². The van der Waals surface area contributed by atoms with E-state index in [9.17, 15) is 10.2 Å². The van der Waals surface area contributed by atoms with Crippen LogP contribution in [-0.4, -0.2) is 105 Å². The molecule has 3 fully saturated rings. The van der Waals surface area contributed by atoms with Gasteiger partial charge < -0.3 is 34.6 Å². The summed E-state index contributed by atoms with van der Waals surface area (Å²) in [6.45, 7) is 5.46. The molecule has 4 rings (SSSR count). The van der Waals surface area contributed by atoms with Crippen LogP contribution in [0.5, 0.6) is 5.75 Å². The largest absolute Gasteiger partial charge is 0.495 e. The van der Waals surface area contributed by atoms with E-state index < -0.39 is 12.2 Å². The van der Waals surface area contributed by atoms with Gasteiger partial charge in [-0.05, 0) is 25.0 Å². The van der Waals surface area contributed by atoms with Crippen molar-refractivity contribution >= 4 is 5.69 Å². The monoisotopic (exact) mass is 421 g/mol. The first-order valence-corrected chi connectivity index (χ1v) is 11.1. The summed E-state index contributed by atoms with van der Waals surface area (Å²) in [5, 5.41) is 24.1. The zero-order valence-corrected chi connectivity index (χ0v) is 17.8. The van der Waals surface area contributed by atoms with Crippen molar-refractivity contribution in [2.75, 3.05) is 64.6 Å². The summed E-state index contributed by atoms with van der Waals surface area (Å²) in [7, 11) is 1.70. The van der Waals surface area contributed by atoms with E-state index in [1.54, 1.807) is 7.11 Å². The molecular formula is C22H35N3O5. The van der Waals surface area contributed by atoms with Gasteiger partial charge in [-0.25, -0.2) is 0 Å². The first-order valence-electron chi connectivity index (χ1n) is 11.1. The number of aliphatic hydroxyl groups is 2. The molecule has 30 heavy (non-hydrogen) atoms. The van der Waals surface area contributed by atoms with Crippen LogP contribution in [0.1, 0.15) is 12.8 Å². The van der Waals surface area contributed by atoms with Gasteiger partial charge in [0.05, 0.1) is 31.5 Å². The summed E-state index contributed by atoms with van der Waals surface area (Å²) >= 11 is 0. The third kappa shape index (κ3) is 4.74. The van der Waals surface area contributed by atoms with Gasteiger partial charge in [-0.1, -0.05) is 12.1 Å². The molecule has 4 atom stereocenters. The molecule has 1 aromatic carbocycles. The molecule has 1 aromatic rings. The second-order valence-corrected chi connectivity index (χ2v) is 8.37. The summed E-state index contributed by atoms with van der Waals surface area (Å²) in [6, 6.07) is 8.40. The Balaban J connectivity index is 1.38. The van der Waals surface area contributed by atoms with Crippen LogP contribution in [0.3, 0.4) is 0 Å². The van der Waals surface area contributed by atoms with Crippen molar-refractivity contribution in [1.29, 1.82) is 0 Å². The molecule has 0 saturated carbocycles. The maximum absolute atomic E-state index is 10.9. The number of anilines is 1. The van der Waals surface area contributed by atoms with Gasteiger partial charge >= 0.3 is 0 Å². The first kappa shape index (κ1) is 21.8. The molecule has 0 unspecified atom stereocenters. The van der Waals surface area contributed by atoms with Crippen molar-refractivity contribution in [3.63, 3.8) is 0 Å². The van der Waals surface area contributed by atoms with E-state index in [-0.39, 0.29) is 18.8 Å². The quantitative estimate of drug-likeness (QED) is 0.571. The lowest BCUT2D eigenvalue weighted by Crippen LogP contribution is -2.57.